The SMILES string of the molecule is CCC(C)C(NC(=O)C(CCCCN)NC(=O)C(N)Cc1c[nH]c2ccccc12)C(=O)NC(C(=O)O)C(C)C. The number of carbonyl (C=O) groups is 4. The third kappa shape index (κ3) is 9.07. The molecule has 5 atom stereocenters. The van der Waals surface area contributed by atoms with Crippen LogP contribution in [0.25, 0.3) is 10.9 Å². The zero-order valence-corrected chi connectivity index (χ0v) is 23.3. The Morgan fingerprint density at radius 3 is 2.23 bits per heavy atom. The van der Waals surface area contributed by atoms with Crippen molar-refractivity contribution in [1.29, 1.82) is 0 Å². The second-order valence-electron chi connectivity index (χ2n) is 10.5. The summed E-state index contributed by atoms with van der Waals surface area (Å²) in [7, 11) is 0. The molecule has 0 bridgehead atoms. The maximum absolute atomic E-state index is 13.4. The number of nitrogens with two attached hydrogens (primary N) is 2. The molecule has 0 radical (unpaired) electrons. The fraction of sp³-hybridized carbons (Fsp3) is 0.571. The third-order valence-electron chi connectivity index (χ3n) is 7.06. The summed E-state index contributed by atoms with van der Waals surface area (Å²) in [5.41, 5.74) is 13.7. The molecule has 0 saturated carbocycles. The van der Waals surface area contributed by atoms with Crippen LogP contribution in [0.3, 0.4) is 0 Å². The topological polar surface area (TPSA) is 192 Å². The summed E-state index contributed by atoms with van der Waals surface area (Å²) in [5.74, 6) is -3.37. The van der Waals surface area contributed by atoms with E-state index in [1.165, 1.54) is 0 Å². The number of nitrogens with one attached hydrogen (secondary N) is 4. The van der Waals surface area contributed by atoms with Gasteiger partial charge in [-0.2, -0.15) is 0 Å². The van der Waals surface area contributed by atoms with Crippen molar-refractivity contribution in [2.45, 2.75) is 84.0 Å². The number of carbonyl (C=O) groups excluding carboxylic acids is 3. The van der Waals surface area contributed by atoms with Gasteiger partial charge < -0.3 is 37.5 Å². The molecule has 0 spiro atoms. The first-order valence-electron chi connectivity index (χ1n) is 13.6. The number of aromatic nitrogens is 1. The first-order chi connectivity index (χ1) is 18.5. The number of aromatic amines is 1. The highest BCUT2D eigenvalue weighted by atomic mass is 16.4. The van der Waals surface area contributed by atoms with Gasteiger partial charge in [-0.25, -0.2) is 4.79 Å². The predicted octanol–water partition coefficient (Wildman–Crippen LogP) is 1.41. The first kappa shape index (κ1) is 31.8. The van der Waals surface area contributed by atoms with Crippen LogP contribution in [-0.4, -0.2) is 64.5 Å². The molecule has 1 aromatic heterocycles. The Bertz CT molecular complexity index is 1120. The lowest BCUT2D eigenvalue weighted by Crippen LogP contribution is -2.59. The zero-order chi connectivity index (χ0) is 29.1. The molecule has 5 unspecified atom stereocenters. The van der Waals surface area contributed by atoms with E-state index in [1.807, 2.05) is 37.4 Å². The van der Waals surface area contributed by atoms with E-state index in [2.05, 4.69) is 20.9 Å². The van der Waals surface area contributed by atoms with Gasteiger partial charge in [-0.1, -0.05) is 52.3 Å². The number of fused-ring (bicyclic) bond motifs is 1. The van der Waals surface area contributed by atoms with E-state index < -0.39 is 47.9 Å². The van der Waals surface area contributed by atoms with Gasteiger partial charge in [-0.15, -0.1) is 0 Å². The first-order valence-corrected chi connectivity index (χ1v) is 13.6. The van der Waals surface area contributed by atoms with Crippen LogP contribution in [-0.2, 0) is 25.6 Å². The maximum Gasteiger partial charge on any atom is 0.326 e. The summed E-state index contributed by atoms with van der Waals surface area (Å²) in [6, 6.07) is 3.81. The summed E-state index contributed by atoms with van der Waals surface area (Å²) in [4.78, 5) is 54.3. The molecule has 9 N–H and O–H groups in total. The molecule has 3 amide bonds. The number of carboxylic acid groups (broad SMARTS) is 1. The van der Waals surface area contributed by atoms with Crippen LogP contribution in [0.15, 0.2) is 30.5 Å². The minimum atomic E-state index is -1.15. The van der Waals surface area contributed by atoms with Gasteiger partial charge in [0.2, 0.25) is 17.7 Å². The smallest absolute Gasteiger partial charge is 0.326 e. The summed E-state index contributed by atoms with van der Waals surface area (Å²) in [6.45, 7) is 7.50. The average Bonchev–Trinajstić information content (AvgIpc) is 3.31. The molecular formula is C28H44N6O5. The van der Waals surface area contributed by atoms with Crippen LogP contribution >= 0.6 is 0 Å². The molecule has 2 aromatic rings. The molecule has 1 aromatic carbocycles. The Morgan fingerprint density at radius 1 is 0.949 bits per heavy atom. The number of aliphatic carboxylic acids is 1. The maximum atomic E-state index is 13.4. The summed E-state index contributed by atoms with van der Waals surface area (Å²) >= 11 is 0. The van der Waals surface area contributed by atoms with Gasteiger partial charge >= 0.3 is 5.97 Å². The van der Waals surface area contributed by atoms with Gasteiger partial charge in [0.05, 0.1) is 6.04 Å². The molecule has 11 nitrogen and oxygen atoms in total. The lowest BCUT2D eigenvalue weighted by molar-refractivity contribution is -0.144. The normalized spacial score (nSPS) is 15.3. The van der Waals surface area contributed by atoms with Crippen molar-refractivity contribution in [2.75, 3.05) is 6.54 Å². The largest absolute Gasteiger partial charge is 0.480 e. The van der Waals surface area contributed by atoms with E-state index in [9.17, 15) is 24.3 Å². The Kier molecular flexibility index (Phi) is 12.4. The van der Waals surface area contributed by atoms with Crippen molar-refractivity contribution in [1.82, 2.24) is 20.9 Å². The van der Waals surface area contributed by atoms with Crippen molar-refractivity contribution in [2.24, 2.45) is 23.3 Å². The van der Waals surface area contributed by atoms with Crippen LogP contribution in [0.5, 0.6) is 0 Å². The van der Waals surface area contributed by atoms with E-state index in [1.54, 1.807) is 20.8 Å². The number of carboxylic acids is 1. The Hall–Kier alpha value is -3.44. The van der Waals surface area contributed by atoms with Gasteiger partial charge in [-0.3, -0.25) is 14.4 Å². The average molecular weight is 545 g/mol. The van der Waals surface area contributed by atoms with Crippen molar-refractivity contribution in [3.63, 3.8) is 0 Å². The number of amides is 3. The highest BCUT2D eigenvalue weighted by Gasteiger charge is 2.33. The molecule has 0 aliphatic heterocycles. The third-order valence-corrected chi connectivity index (χ3v) is 7.06. The molecule has 0 aliphatic rings. The van der Waals surface area contributed by atoms with Gasteiger partial charge in [-0.05, 0) is 55.7 Å². The molecule has 1 heterocycles. The predicted molar refractivity (Wildman–Crippen MR) is 151 cm³/mol. The van der Waals surface area contributed by atoms with Gasteiger partial charge in [0.25, 0.3) is 0 Å². The molecule has 0 aliphatic carbocycles. The zero-order valence-electron chi connectivity index (χ0n) is 23.3. The highest BCUT2D eigenvalue weighted by molar-refractivity contribution is 5.94. The van der Waals surface area contributed by atoms with E-state index in [4.69, 9.17) is 11.5 Å². The summed E-state index contributed by atoms with van der Waals surface area (Å²) in [6.07, 6.45) is 4.22. The number of H-pyrrole nitrogens is 1. The fourth-order valence-electron chi connectivity index (χ4n) is 4.38. The monoisotopic (exact) mass is 544 g/mol. The Labute approximate surface area is 229 Å². The van der Waals surface area contributed by atoms with Crippen LogP contribution in [0.1, 0.15) is 58.9 Å². The number of hydrogen-bond acceptors (Lipinski definition) is 6. The van der Waals surface area contributed by atoms with Gasteiger partial charge in [0.15, 0.2) is 0 Å². The molecule has 11 heteroatoms. The molecule has 0 saturated heterocycles. The molecule has 216 valence electrons. The number of para-hydroxylation sites is 1. The second kappa shape index (κ2) is 15.2. The van der Waals surface area contributed by atoms with E-state index in [0.29, 0.717) is 32.2 Å². The standard InChI is InChI=1S/C28H44N6O5/c1-5-17(4)24(27(37)33-23(16(2)3)28(38)39)34-26(36)22(12-8-9-13-29)32-25(35)20(30)14-18-15-31-21-11-7-6-10-19(18)21/h6-7,10-11,15-17,20,22-24,31H,5,8-9,12-14,29-30H2,1-4H3,(H,32,35)(H,33,37)(H,34,36)(H,38,39). The summed E-state index contributed by atoms with van der Waals surface area (Å²) in [5, 5.41) is 18.5. The van der Waals surface area contributed by atoms with E-state index in [-0.39, 0.29) is 18.3 Å². The second-order valence-corrected chi connectivity index (χ2v) is 10.5. The van der Waals surface area contributed by atoms with E-state index in [0.717, 1.165) is 16.5 Å². The number of hydrogen-bond donors (Lipinski definition) is 7. The van der Waals surface area contributed by atoms with Crippen molar-refractivity contribution < 1.29 is 24.3 Å². The van der Waals surface area contributed by atoms with Crippen molar-refractivity contribution in [3.8, 4) is 0 Å². The fourth-order valence-corrected chi connectivity index (χ4v) is 4.38. The van der Waals surface area contributed by atoms with Crippen molar-refractivity contribution >= 4 is 34.6 Å². The number of benzene rings is 1. The Morgan fingerprint density at radius 2 is 1.62 bits per heavy atom. The number of rotatable bonds is 16. The lowest BCUT2D eigenvalue weighted by Gasteiger charge is -2.29. The molecule has 39 heavy (non-hydrogen) atoms. The molecular weight excluding hydrogens is 500 g/mol. The van der Waals surface area contributed by atoms with Gasteiger partial charge in [0, 0.05) is 17.1 Å². The minimum Gasteiger partial charge on any atom is -0.480 e. The van der Waals surface area contributed by atoms with Crippen LogP contribution in [0.2, 0.25) is 0 Å². The van der Waals surface area contributed by atoms with Gasteiger partial charge in [0.1, 0.15) is 18.1 Å². The highest BCUT2D eigenvalue weighted by Crippen LogP contribution is 2.19. The Balaban J connectivity index is 2.15. The van der Waals surface area contributed by atoms with Crippen LogP contribution in [0, 0.1) is 11.8 Å². The van der Waals surface area contributed by atoms with Crippen LogP contribution < -0.4 is 27.4 Å². The van der Waals surface area contributed by atoms with E-state index >= 15 is 0 Å². The lowest BCUT2D eigenvalue weighted by atomic mass is 9.96. The molecule has 2 rings (SSSR count). The quantitative estimate of drug-likeness (QED) is 0.155. The summed E-state index contributed by atoms with van der Waals surface area (Å²) < 4.78 is 0. The minimum absolute atomic E-state index is 0.274. The van der Waals surface area contributed by atoms with Crippen LogP contribution in [0.4, 0.5) is 0 Å². The van der Waals surface area contributed by atoms with Crippen molar-refractivity contribution in [3.05, 3.63) is 36.0 Å². The molecule has 0 fully saturated rings. The number of unbranched alkanes of at least 4 members (excludes halogenated alkanes) is 1.